The molecule has 7 heteroatoms. The molecule has 2 atom stereocenters. The molecule has 1 aromatic carbocycles. The molecule has 4 nitrogen and oxygen atoms in total. The highest BCUT2D eigenvalue weighted by atomic mass is 35.5. The van der Waals surface area contributed by atoms with E-state index in [1.807, 2.05) is 35.7 Å². The van der Waals surface area contributed by atoms with Gasteiger partial charge in [0, 0.05) is 17.0 Å². The van der Waals surface area contributed by atoms with Crippen LogP contribution < -0.4 is 10.6 Å². The van der Waals surface area contributed by atoms with Crippen LogP contribution in [0.4, 0.5) is 0 Å². The van der Waals surface area contributed by atoms with Crippen molar-refractivity contribution >= 4 is 42.1 Å². The van der Waals surface area contributed by atoms with Gasteiger partial charge in [-0.1, -0.05) is 37.3 Å². The number of halogens is 2. The molecule has 1 fully saturated rings. The van der Waals surface area contributed by atoms with Gasteiger partial charge in [0.1, 0.15) is 10.7 Å². The van der Waals surface area contributed by atoms with Gasteiger partial charge in [-0.25, -0.2) is 4.98 Å². The van der Waals surface area contributed by atoms with Gasteiger partial charge < -0.3 is 10.6 Å². The zero-order chi connectivity index (χ0) is 14.7. The van der Waals surface area contributed by atoms with Crippen LogP contribution in [0.25, 0.3) is 10.6 Å². The maximum atomic E-state index is 12.3. The second-order valence-corrected chi connectivity index (χ2v) is 6.31. The lowest BCUT2D eigenvalue weighted by Crippen LogP contribution is -2.48. The Hall–Kier alpha value is -1.14. The summed E-state index contributed by atoms with van der Waals surface area (Å²) >= 11 is 1.51. The lowest BCUT2D eigenvalue weighted by molar-refractivity contribution is 0.0910. The highest BCUT2D eigenvalue weighted by Gasteiger charge is 2.24. The van der Waals surface area contributed by atoms with E-state index in [-0.39, 0.29) is 36.8 Å². The Morgan fingerprint density at radius 2 is 2.04 bits per heavy atom. The lowest BCUT2D eigenvalue weighted by Gasteiger charge is -2.29. The first-order chi connectivity index (χ1) is 10.2. The van der Waals surface area contributed by atoms with Crippen LogP contribution in [0.2, 0.25) is 0 Å². The number of carbonyl (C=O) groups is 1. The van der Waals surface area contributed by atoms with Crippen LogP contribution in [-0.2, 0) is 0 Å². The molecule has 2 aromatic rings. The fourth-order valence-electron chi connectivity index (χ4n) is 2.56. The van der Waals surface area contributed by atoms with E-state index in [0.29, 0.717) is 11.6 Å². The predicted molar refractivity (Wildman–Crippen MR) is 100.0 cm³/mol. The van der Waals surface area contributed by atoms with E-state index in [9.17, 15) is 4.79 Å². The molecular formula is C16H21Cl2N3OS. The van der Waals surface area contributed by atoms with Crippen molar-refractivity contribution in [3.05, 3.63) is 41.4 Å². The van der Waals surface area contributed by atoms with Crippen LogP contribution in [0, 0.1) is 5.92 Å². The number of aromatic nitrogens is 1. The number of carbonyl (C=O) groups excluding carboxylic acids is 1. The Balaban J connectivity index is 0.00000132. The average Bonchev–Trinajstić information content (AvgIpc) is 3.00. The Morgan fingerprint density at radius 1 is 1.30 bits per heavy atom. The maximum Gasteiger partial charge on any atom is 0.271 e. The van der Waals surface area contributed by atoms with Crippen LogP contribution >= 0.6 is 36.2 Å². The molecule has 1 aliphatic heterocycles. The van der Waals surface area contributed by atoms with E-state index < -0.39 is 0 Å². The van der Waals surface area contributed by atoms with E-state index in [1.165, 1.54) is 11.3 Å². The van der Waals surface area contributed by atoms with Crippen molar-refractivity contribution in [2.45, 2.75) is 19.4 Å². The third-order valence-corrected chi connectivity index (χ3v) is 4.75. The molecule has 3 rings (SSSR count). The molecule has 0 radical (unpaired) electrons. The van der Waals surface area contributed by atoms with E-state index in [2.05, 4.69) is 22.5 Å². The zero-order valence-corrected chi connectivity index (χ0v) is 15.3. The van der Waals surface area contributed by atoms with Gasteiger partial charge in [-0.2, -0.15) is 0 Å². The summed E-state index contributed by atoms with van der Waals surface area (Å²) in [5.74, 6) is 0.391. The molecule has 2 heterocycles. The SMILES string of the molecule is CC1CNCCC1NC(=O)c1csc(-c2ccccc2)n1.Cl.Cl. The van der Waals surface area contributed by atoms with Crippen molar-refractivity contribution in [2.75, 3.05) is 13.1 Å². The lowest BCUT2D eigenvalue weighted by atomic mass is 9.95. The summed E-state index contributed by atoms with van der Waals surface area (Å²) in [7, 11) is 0. The summed E-state index contributed by atoms with van der Waals surface area (Å²) in [6.45, 7) is 4.08. The van der Waals surface area contributed by atoms with Gasteiger partial charge in [0.25, 0.3) is 5.91 Å². The summed E-state index contributed by atoms with van der Waals surface area (Å²) in [4.78, 5) is 16.8. The van der Waals surface area contributed by atoms with Crippen molar-refractivity contribution in [3.8, 4) is 10.6 Å². The fourth-order valence-corrected chi connectivity index (χ4v) is 3.37. The highest BCUT2D eigenvalue weighted by Crippen LogP contribution is 2.23. The second-order valence-electron chi connectivity index (χ2n) is 5.45. The molecule has 0 aliphatic carbocycles. The maximum absolute atomic E-state index is 12.3. The van der Waals surface area contributed by atoms with Gasteiger partial charge >= 0.3 is 0 Å². The van der Waals surface area contributed by atoms with E-state index in [1.54, 1.807) is 0 Å². The standard InChI is InChI=1S/C16H19N3OS.2ClH/c1-11-9-17-8-7-13(11)18-15(20)14-10-21-16(19-14)12-5-3-2-4-6-12;;/h2-6,10-11,13,17H,7-9H2,1H3,(H,18,20);2*1H. The van der Waals surface area contributed by atoms with Crippen molar-refractivity contribution < 1.29 is 4.79 Å². The van der Waals surface area contributed by atoms with Gasteiger partial charge in [0.2, 0.25) is 0 Å². The number of benzene rings is 1. The summed E-state index contributed by atoms with van der Waals surface area (Å²) in [5.41, 5.74) is 1.57. The monoisotopic (exact) mass is 373 g/mol. The topological polar surface area (TPSA) is 54.0 Å². The van der Waals surface area contributed by atoms with Gasteiger partial charge in [-0.05, 0) is 25.4 Å². The molecular weight excluding hydrogens is 353 g/mol. The molecule has 2 unspecified atom stereocenters. The first kappa shape index (κ1) is 19.9. The van der Waals surface area contributed by atoms with Crippen molar-refractivity contribution in [2.24, 2.45) is 5.92 Å². The largest absolute Gasteiger partial charge is 0.348 e. The summed E-state index contributed by atoms with van der Waals surface area (Å²) in [5, 5.41) is 9.18. The smallest absolute Gasteiger partial charge is 0.271 e. The molecule has 0 saturated carbocycles. The molecule has 1 aromatic heterocycles. The molecule has 1 amide bonds. The van der Waals surface area contributed by atoms with Crippen LogP contribution in [0.1, 0.15) is 23.8 Å². The average molecular weight is 374 g/mol. The zero-order valence-electron chi connectivity index (χ0n) is 12.8. The minimum Gasteiger partial charge on any atom is -0.348 e. The number of amides is 1. The number of hydrogen-bond donors (Lipinski definition) is 2. The van der Waals surface area contributed by atoms with Crippen molar-refractivity contribution in [1.29, 1.82) is 0 Å². The van der Waals surface area contributed by atoms with Crippen LogP contribution in [-0.4, -0.2) is 30.0 Å². The first-order valence-corrected chi connectivity index (χ1v) is 8.14. The Morgan fingerprint density at radius 3 is 2.74 bits per heavy atom. The van der Waals surface area contributed by atoms with Crippen LogP contribution in [0.15, 0.2) is 35.7 Å². The summed E-state index contributed by atoms with van der Waals surface area (Å²) in [6.07, 6.45) is 0.975. The minimum atomic E-state index is -0.0628. The van der Waals surface area contributed by atoms with E-state index >= 15 is 0 Å². The quantitative estimate of drug-likeness (QED) is 0.866. The molecule has 1 saturated heterocycles. The van der Waals surface area contributed by atoms with Gasteiger partial charge in [0.05, 0.1) is 0 Å². The van der Waals surface area contributed by atoms with Gasteiger partial charge in [-0.15, -0.1) is 36.2 Å². The summed E-state index contributed by atoms with van der Waals surface area (Å²) < 4.78 is 0. The van der Waals surface area contributed by atoms with Crippen molar-refractivity contribution in [1.82, 2.24) is 15.6 Å². The molecule has 0 bridgehead atoms. The number of nitrogens with one attached hydrogen (secondary N) is 2. The van der Waals surface area contributed by atoms with Gasteiger partial charge in [-0.3, -0.25) is 4.79 Å². The van der Waals surface area contributed by atoms with E-state index in [0.717, 1.165) is 30.1 Å². The second kappa shape index (κ2) is 9.23. The van der Waals surface area contributed by atoms with Crippen LogP contribution in [0.5, 0.6) is 0 Å². The predicted octanol–water partition coefficient (Wildman–Crippen LogP) is 3.38. The number of nitrogens with zero attached hydrogens (tertiary/aromatic N) is 1. The van der Waals surface area contributed by atoms with Gasteiger partial charge in [0.15, 0.2) is 0 Å². The molecule has 2 N–H and O–H groups in total. The molecule has 23 heavy (non-hydrogen) atoms. The van der Waals surface area contributed by atoms with Crippen LogP contribution in [0.3, 0.4) is 0 Å². The van der Waals surface area contributed by atoms with Crippen molar-refractivity contribution in [3.63, 3.8) is 0 Å². The fraction of sp³-hybridized carbons (Fsp3) is 0.375. The molecule has 0 spiro atoms. The first-order valence-electron chi connectivity index (χ1n) is 7.26. The number of rotatable bonds is 3. The van der Waals surface area contributed by atoms with E-state index in [4.69, 9.17) is 0 Å². The summed E-state index contributed by atoms with van der Waals surface area (Å²) in [6, 6.07) is 10.2. The molecule has 1 aliphatic rings. The number of piperidine rings is 1. The Bertz CT molecular complexity index is 621. The minimum absolute atomic E-state index is 0. The Labute approximate surface area is 152 Å². The third-order valence-electron chi connectivity index (χ3n) is 3.86. The molecule has 126 valence electrons. The number of thiazole rings is 1. The Kier molecular flexibility index (Phi) is 7.99. The third kappa shape index (κ3) is 4.91. The normalized spacial score (nSPS) is 20.0. The number of hydrogen-bond acceptors (Lipinski definition) is 4. The highest BCUT2D eigenvalue weighted by molar-refractivity contribution is 7.13.